The standard InChI is InChI=1S/C16H22BrNO/c1-11(2)13-6-8-18(9-7-13)16(19)14-4-5-15(17)12(3)10-14/h4-5,10-11,13H,6-9H2,1-3H3. The number of likely N-dealkylation sites (tertiary alicyclic amines) is 1. The molecule has 0 atom stereocenters. The van der Waals surface area contributed by atoms with Crippen molar-refractivity contribution in [3.05, 3.63) is 33.8 Å². The third kappa shape index (κ3) is 3.38. The quantitative estimate of drug-likeness (QED) is 0.796. The molecule has 1 fully saturated rings. The molecule has 104 valence electrons. The Bertz CT molecular complexity index is 462. The van der Waals surface area contributed by atoms with Crippen molar-refractivity contribution in [3.8, 4) is 0 Å². The van der Waals surface area contributed by atoms with E-state index in [1.54, 1.807) is 0 Å². The number of aryl methyl sites for hydroxylation is 1. The number of carbonyl (C=O) groups excluding carboxylic acids is 1. The second kappa shape index (κ2) is 6.08. The van der Waals surface area contributed by atoms with Gasteiger partial charge in [0.05, 0.1) is 0 Å². The van der Waals surface area contributed by atoms with Gasteiger partial charge in [-0.3, -0.25) is 4.79 Å². The number of halogens is 1. The maximum atomic E-state index is 12.5. The molecule has 0 N–H and O–H groups in total. The second-order valence-electron chi connectivity index (χ2n) is 5.84. The van der Waals surface area contributed by atoms with E-state index in [0.29, 0.717) is 0 Å². The Hall–Kier alpha value is -0.830. The fourth-order valence-electron chi connectivity index (χ4n) is 2.73. The number of carbonyl (C=O) groups is 1. The summed E-state index contributed by atoms with van der Waals surface area (Å²) in [6, 6.07) is 5.85. The molecular formula is C16H22BrNO. The van der Waals surface area contributed by atoms with Crippen LogP contribution in [0, 0.1) is 18.8 Å². The van der Waals surface area contributed by atoms with Gasteiger partial charge in [0.2, 0.25) is 0 Å². The van der Waals surface area contributed by atoms with Crippen LogP contribution in [0.2, 0.25) is 0 Å². The number of hydrogen-bond donors (Lipinski definition) is 0. The summed E-state index contributed by atoms with van der Waals surface area (Å²) in [7, 11) is 0. The van der Waals surface area contributed by atoms with E-state index in [0.717, 1.165) is 53.4 Å². The summed E-state index contributed by atoms with van der Waals surface area (Å²) in [6.07, 6.45) is 2.28. The molecule has 1 saturated heterocycles. The first-order valence-corrected chi connectivity index (χ1v) is 7.83. The molecule has 1 aromatic rings. The van der Waals surface area contributed by atoms with Gasteiger partial charge in [-0.05, 0) is 55.4 Å². The Labute approximate surface area is 124 Å². The van der Waals surface area contributed by atoms with Crippen LogP contribution in [0.3, 0.4) is 0 Å². The molecule has 2 rings (SSSR count). The van der Waals surface area contributed by atoms with E-state index in [-0.39, 0.29) is 5.91 Å². The van der Waals surface area contributed by atoms with E-state index >= 15 is 0 Å². The predicted octanol–water partition coefficient (Wildman–Crippen LogP) is 4.27. The Kier molecular flexibility index (Phi) is 4.67. The van der Waals surface area contributed by atoms with Gasteiger partial charge < -0.3 is 4.90 Å². The number of benzene rings is 1. The Morgan fingerprint density at radius 1 is 1.32 bits per heavy atom. The monoisotopic (exact) mass is 323 g/mol. The van der Waals surface area contributed by atoms with Crippen LogP contribution in [0.4, 0.5) is 0 Å². The van der Waals surface area contributed by atoms with Gasteiger partial charge in [0.15, 0.2) is 0 Å². The molecule has 1 aromatic carbocycles. The molecule has 0 aromatic heterocycles. The Morgan fingerprint density at radius 2 is 1.95 bits per heavy atom. The molecule has 0 radical (unpaired) electrons. The molecule has 19 heavy (non-hydrogen) atoms. The number of hydrogen-bond acceptors (Lipinski definition) is 1. The molecule has 0 spiro atoms. The van der Waals surface area contributed by atoms with Crippen molar-refractivity contribution in [2.75, 3.05) is 13.1 Å². The predicted molar refractivity (Wildman–Crippen MR) is 82.3 cm³/mol. The van der Waals surface area contributed by atoms with Crippen LogP contribution in [0.5, 0.6) is 0 Å². The normalized spacial score (nSPS) is 17.0. The number of nitrogens with zero attached hydrogens (tertiary/aromatic N) is 1. The van der Waals surface area contributed by atoms with E-state index in [9.17, 15) is 4.79 Å². The van der Waals surface area contributed by atoms with Crippen LogP contribution < -0.4 is 0 Å². The molecule has 1 aliphatic heterocycles. The van der Waals surface area contributed by atoms with E-state index in [4.69, 9.17) is 0 Å². The lowest BCUT2D eigenvalue weighted by Crippen LogP contribution is -2.39. The molecule has 1 heterocycles. The van der Waals surface area contributed by atoms with Crippen LogP contribution in [0.1, 0.15) is 42.6 Å². The highest BCUT2D eigenvalue weighted by molar-refractivity contribution is 9.10. The van der Waals surface area contributed by atoms with Gasteiger partial charge in [0.25, 0.3) is 5.91 Å². The summed E-state index contributed by atoms with van der Waals surface area (Å²) in [5, 5.41) is 0. The molecular weight excluding hydrogens is 302 g/mol. The van der Waals surface area contributed by atoms with Gasteiger partial charge in [-0.1, -0.05) is 29.8 Å². The van der Waals surface area contributed by atoms with Crippen molar-refractivity contribution in [2.45, 2.75) is 33.6 Å². The lowest BCUT2D eigenvalue weighted by atomic mass is 9.86. The minimum absolute atomic E-state index is 0.179. The second-order valence-corrected chi connectivity index (χ2v) is 6.69. The minimum Gasteiger partial charge on any atom is -0.339 e. The lowest BCUT2D eigenvalue weighted by molar-refractivity contribution is 0.0667. The number of amides is 1. The highest BCUT2D eigenvalue weighted by Gasteiger charge is 2.25. The average molecular weight is 324 g/mol. The number of rotatable bonds is 2. The van der Waals surface area contributed by atoms with Crippen molar-refractivity contribution < 1.29 is 4.79 Å². The SMILES string of the molecule is Cc1cc(C(=O)N2CCC(C(C)C)CC2)ccc1Br. The molecule has 0 unspecified atom stereocenters. The fourth-order valence-corrected chi connectivity index (χ4v) is 2.98. The van der Waals surface area contributed by atoms with Gasteiger partial charge in [-0.25, -0.2) is 0 Å². The summed E-state index contributed by atoms with van der Waals surface area (Å²) in [6.45, 7) is 8.37. The summed E-state index contributed by atoms with van der Waals surface area (Å²) < 4.78 is 1.06. The zero-order chi connectivity index (χ0) is 14.0. The van der Waals surface area contributed by atoms with E-state index in [2.05, 4.69) is 29.8 Å². The Morgan fingerprint density at radius 3 is 2.47 bits per heavy atom. The molecule has 1 aliphatic rings. The Balaban J connectivity index is 2.03. The van der Waals surface area contributed by atoms with Gasteiger partial charge in [0.1, 0.15) is 0 Å². The van der Waals surface area contributed by atoms with Gasteiger partial charge in [0, 0.05) is 23.1 Å². The van der Waals surface area contributed by atoms with Crippen LogP contribution in [0.15, 0.2) is 22.7 Å². The molecule has 0 aliphatic carbocycles. The van der Waals surface area contributed by atoms with Crippen molar-refractivity contribution in [1.29, 1.82) is 0 Å². The average Bonchev–Trinajstić information content (AvgIpc) is 2.41. The van der Waals surface area contributed by atoms with Crippen LogP contribution in [0.25, 0.3) is 0 Å². The van der Waals surface area contributed by atoms with Gasteiger partial charge in [-0.15, -0.1) is 0 Å². The zero-order valence-electron chi connectivity index (χ0n) is 11.9. The molecule has 0 saturated carbocycles. The molecule has 3 heteroatoms. The van der Waals surface area contributed by atoms with Crippen LogP contribution in [-0.4, -0.2) is 23.9 Å². The maximum absolute atomic E-state index is 12.5. The van der Waals surface area contributed by atoms with Gasteiger partial charge >= 0.3 is 0 Å². The summed E-state index contributed by atoms with van der Waals surface area (Å²) in [4.78, 5) is 14.5. The fraction of sp³-hybridized carbons (Fsp3) is 0.562. The summed E-state index contributed by atoms with van der Waals surface area (Å²) >= 11 is 3.47. The van der Waals surface area contributed by atoms with Crippen molar-refractivity contribution in [2.24, 2.45) is 11.8 Å². The van der Waals surface area contributed by atoms with Crippen molar-refractivity contribution in [1.82, 2.24) is 4.90 Å². The first-order valence-electron chi connectivity index (χ1n) is 7.04. The van der Waals surface area contributed by atoms with Crippen LogP contribution >= 0.6 is 15.9 Å². The largest absolute Gasteiger partial charge is 0.339 e. The van der Waals surface area contributed by atoms with Crippen LogP contribution in [-0.2, 0) is 0 Å². The van der Waals surface area contributed by atoms with E-state index in [1.807, 2.05) is 30.0 Å². The molecule has 2 nitrogen and oxygen atoms in total. The third-order valence-corrected chi connectivity index (χ3v) is 5.06. The highest BCUT2D eigenvalue weighted by atomic mass is 79.9. The lowest BCUT2D eigenvalue weighted by Gasteiger charge is -2.34. The highest BCUT2D eigenvalue weighted by Crippen LogP contribution is 2.26. The summed E-state index contributed by atoms with van der Waals surface area (Å²) in [5.74, 6) is 1.68. The van der Waals surface area contributed by atoms with Gasteiger partial charge in [-0.2, -0.15) is 0 Å². The van der Waals surface area contributed by atoms with Crippen molar-refractivity contribution >= 4 is 21.8 Å². The minimum atomic E-state index is 0.179. The first-order chi connectivity index (χ1) is 8.99. The number of piperidine rings is 1. The topological polar surface area (TPSA) is 20.3 Å². The third-order valence-electron chi connectivity index (χ3n) is 4.17. The molecule has 1 amide bonds. The first kappa shape index (κ1) is 14.6. The molecule has 0 bridgehead atoms. The van der Waals surface area contributed by atoms with E-state index in [1.165, 1.54) is 0 Å². The smallest absolute Gasteiger partial charge is 0.253 e. The summed E-state index contributed by atoms with van der Waals surface area (Å²) in [5.41, 5.74) is 1.92. The van der Waals surface area contributed by atoms with E-state index < -0.39 is 0 Å². The van der Waals surface area contributed by atoms with Crippen molar-refractivity contribution in [3.63, 3.8) is 0 Å². The zero-order valence-corrected chi connectivity index (χ0v) is 13.5. The maximum Gasteiger partial charge on any atom is 0.253 e.